The highest BCUT2D eigenvalue weighted by Gasteiger charge is 2.29. The minimum Gasteiger partial charge on any atom is -0.354 e. The van der Waals surface area contributed by atoms with E-state index in [9.17, 15) is 18.0 Å². The molecule has 0 unspecified atom stereocenters. The van der Waals surface area contributed by atoms with Crippen molar-refractivity contribution in [3.05, 3.63) is 29.8 Å². The van der Waals surface area contributed by atoms with Crippen LogP contribution in [0.1, 0.15) is 10.4 Å². The van der Waals surface area contributed by atoms with Crippen LogP contribution in [0.3, 0.4) is 0 Å². The van der Waals surface area contributed by atoms with Gasteiger partial charge in [0, 0.05) is 24.4 Å². The number of nitrogens with zero attached hydrogens (tertiary/aromatic N) is 2. The molecule has 24 heavy (non-hydrogen) atoms. The molecule has 2 aliphatic heterocycles. The molecule has 10 heteroatoms. The molecule has 3 rings (SSSR count). The number of nitrogens with one attached hydrogen (secondary N) is 2. The predicted octanol–water partition coefficient (Wildman–Crippen LogP) is -0.360. The first-order valence-corrected chi connectivity index (χ1v) is 9.75. The van der Waals surface area contributed by atoms with Crippen LogP contribution in [0.25, 0.3) is 0 Å². The second-order valence-electron chi connectivity index (χ2n) is 5.21. The average molecular weight is 368 g/mol. The van der Waals surface area contributed by atoms with Gasteiger partial charge in [-0.25, -0.2) is 8.42 Å². The highest BCUT2D eigenvalue weighted by molar-refractivity contribution is 8.14. The van der Waals surface area contributed by atoms with Crippen LogP contribution in [-0.2, 0) is 14.8 Å². The first-order valence-electron chi connectivity index (χ1n) is 7.32. The molecule has 2 heterocycles. The van der Waals surface area contributed by atoms with E-state index in [0.717, 1.165) is 10.1 Å². The summed E-state index contributed by atoms with van der Waals surface area (Å²) in [6, 6.07) is 5.78. The first kappa shape index (κ1) is 16.9. The Morgan fingerprint density at radius 3 is 2.92 bits per heavy atom. The number of amidine groups is 1. The zero-order valence-corrected chi connectivity index (χ0v) is 14.3. The SMILES string of the molecule is O=C1CN(S(=O)(=O)c2cccc(C(=O)NC3=NCCS3)c2)CCN1. The Kier molecular flexibility index (Phi) is 4.88. The fourth-order valence-electron chi connectivity index (χ4n) is 2.35. The molecule has 1 aromatic rings. The average Bonchev–Trinajstić information content (AvgIpc) is 3.08. The molecule has 0 spiro atoms. The van der Waals surface area contributed by atoms with Gasteiger partial charge in [-0.15, -0.1) is 0 Å². The maximum atomic E-state index is 12.6. The Morgan fingerprint density at radius 1 is 1.38 bits per heavy atom. The summed E-state index contributed by atoms with van der Waals surface area (Å²) in [5.41, 5.74) is 0.229. The summed E-state index contributed by atoms with van der Waals surface area (Å²) in [7, 11) is -3.82. The topological polar surface area (TPSA) is 108 Å². The molecular formula is C14H16N4O4S2. The molecule has 0 atom stereocenters. The maximum Gasteiger partial charge on any atom is 0.257 e. The first-order chi connectivity index (χ1) is 11.5. The number of hydrogen-bond acceptors (Lipinski definition) is 6. The van der Waals surface area contributed by atoms with Gasteiger partial charge in [0.2, 0.25) is 15.9 Å². The van der Waals surface area contributed by atoms with E-state index >= 15 is 0 Å². The molecule has 1 saturated heterocycles. The quantitative estimate of drug-likeness (QED) is 0.757. The standard InChI is InChI=1S/C14H16N4O4S2/c19-12-9-18(6-4-15-12)24(21,22)11-3-1-2-10(8-11)13(20)17-14-16-5-7-23-14/h1-3,8H,4-7,9H2,(H,15,19)(H,16,17,20). The molecule has 1 aromatic carbocycles. The van der Waals surface area contributed by atoms with Gasteiger partial charge in [0.25, 0.3) is 5.91 Å². The molecule has 0 aromatic heterocycles. The van der Waals surface area contributed by atoms with Crippen LogP contribution in [0, 0.1) is 0 Å². The fourth-order valence-corrected chi connectivity index (χ4v) is 4.51. The number of aliphatic imine (C=N–C) groups is 1. The molecule has 2 aliphatic rings. The lowest BCUT2D eigenvalue weighted by Crippen LogP contribution is -2.49. The molecular weight excluding hydrogens is 352 g/mol. The third kappa shape index (κ3) is 3.60. The van der Waals surface area contributed by atoms with E-state index in [1.807, 2.05) is 0 Å². The summed E-state index contributed by atoms with van der Waals surface area (Å²) < 4.78 is 26.4. The summed E-state index contributed by atoms with van der Waals surface area (Å²) in [5.74, 6) is 0.0766. The Morgan fingerprint density at radius 2 is 2.21 bits per heavy atom. The smallest absolute Gasteiger partial charge is 0.257 e. The van der Waals surface area contributed by atoms with Crippen LogP contribution in [0.5, 0.6) is 0 Å². The van der Waals surface area contributed by atoms with Crippen LogP contribution in [0.4, 0.5) is 0 Å². The fraction of sp³-hybridized carbons (Fsp3) is 0.357. The number of rotatable bonds is 3. The zero-order valence-electron chi connectivity index (χ0n) is 12.7. The number of thioether (sulfide) groups is 1. The van der Waals surface area contributed by atoms with Gasteiger partial charge >= 0.3 is 0 Å². The lowest BCUT2D eigenvalue weighted by molar-refractivity contribution is -0.122. The van der Waals surface area contributed by atoms with Crippen LogP contribution >= 0.6 is 11.8 Å². The lowest BCUT2D eigenvalue weighted by Gasteiger charge is -2.26. The van der Waals surface area contributed by atoms with Crippen LogP contribution in [0.15, 0.2) is 34.2 Å². The van der Waals surface area contributed by atoms with Crippen LogP contribution in [0.2, 0.25) is 0 Å². The Balaban J connectivity index is 1.81. The van der Waals surface area contributed by atoms with E-state index in [2.05, 4.69) is 15.6 Å². The number of piperazine rings is 1. The summed E-state index contributed by atoms with van der Waals surface area (Å²) in [6.07, 6.45) is 0. The lowest BCUT2D eigenvalue weighted by atomic mass is 10.2. The molecule has 2 N–H and O–H groups in total. The summed E-state index contributed by atoms with van der Waals surface area (Å²) >= 11 is 1.45. The van der Waals surface area contributed by atoms with Gasteiger partial charge in [-0.05, 0) is 18.2 Å². The van der Waals surface area contributed by atoms with Crippen molar-refractivity contribution in [2.24, 2.45) is 4.99 Å². The normalized spacial score (nSPS) is 18.8. The van der Waals surface area contributed by atoms with Crippen molar-refractivity contribution in [1.29, 1.82) is 0 Å². The van der Waals surface area contributed by atoms with Gasteiger partial charge in [0.05, 0.1) is 18.0 Å². The number of hydrogen-bond donors (Lipinski definition) is 2. The number of carbonyl (C=O) groups is 2. The van der Waals surface area contributed by atoms with Gasteiger partial charge < -0.3 is 10.6 Å². The van der Waals surface area contributed by atoms with E-state index in [-0.39, 0.29) is 36.0 Å². The van der Waals surface area contributed by atoms with Gasteiger partial charge in [-0.3, -0.25) is 14.6 Å². The van der Waals surface area contributed by atoms with E-state index in [0.29, 0.717) is 11.7 Å². The van der Waals surface area contributed by atoms with Crippen molar-refractivity contribution in [1.82, 2.24) is 14.9 Å². The van der Waals surface area contributed by atoms with E-state index in [1.165, 1.54) is 36.0 Å². The molecule has 0 radical (unpaired) electrons. The zero-order chi connectivity index (χ0) is 17.2. The van der Waals surface area contributed by atoms with Crippen LogP contribution in [-0.4, -0.2) is 61.6 Å². The Bertz CT molecular complexity index is 807. The van der Waals surface area contributed by atoms with Gasteiger partial charge in [-0.2, -0.15) is 4.31 Å². The largest absolute Gasteiger partial charge is 0.354 e. The van der Waals surface area contributed by atoms with Gasteiger partial charge in [0.15, 0.2) is 5.17 Å². The van der Waals surface area contributed by atoms with Crippen molar-refractivity contribution in [3.63, 3.8) is 0 Å². The third-order valence-electron chi connectivity index (χ3n) is 3.54. The highest BCUT2D eigenvalue weighted by Crippen LogP contribution is 2.18. The molecule has 128 valence electrons. The molecule has 0 saturated carbocycles. The minimum atomic E-state index is -3.82. The number of amides is 2. The number of sulfonamides is 1. The van der Waals surface area contributed by atoms with Gasteiger partial charge in [-0.1, -0.05) is 17.8 Å². The van der Waals surface area contributed by atoms with Crippen molar-refractivity contribution in [2.75, 3.05) is 31.9 Å². The Hall–Kier alpha value is -1.91. The molecule has 2 amide bonds. The molecule has 0 aliphatic carbocycles. The van der Waals surface area contributed by atoms with Gasteiger partial charge in [0.1, 0.15) is 0 Å². The third-order valence-corrected chi connectivity index (χ3v) is 6.28. The minimum absolute atomic E-state index is 0.00846. The van der Waals surface area contributed by atoms with E-state index in [1.54, 1.807) is 0 Å². The van der Waals surface area contributed by atoms with Crippen molar-refractivity contribution < 1.29 is 18.0 Å². The second-order valence-corrected chi connectivity index (χ2v) is 8.23. The summed E-state index contributed by atoms with van der Waals surface area (Å²) in [6.45, 7) is 0.922. The Labute approximate surface area is 143 Å². The summed E-state index contributed by atoms with van der Waals surface area (Å²) in [5, 5.41) is 5.79. The molecule has 1 fully saturated rings. The van der Waals surface area contributed by atoms with Crippen molar-refractivity contribution >= 4 is 38.8 Å². The van der Waals surface area contributed by atoms with Crippen LogP contribution < -0.4 is 10.6 Å². The number of benzene rings is 1. The molecule has 0 bridgehead atoms. The second kappa shape index (κ2) is 6.91. The highest BCUT2D eigenvalue weighted by atomic mass is 32.2. The monoisotopic (exact) mass is 368 g/mol. The van der Waals surface area contributed by atoms with E-state index < -0.39 is 15.9 Å². The number of carbonyl (C=O) groups excluding carboxylic acids is 2. The predicted molar refractivity (Wildman–Crippen MR) is 90.4 cm³/mol. The van der Waals surface area contributed by atoms with Crippen molar-refractivity contribution in [2.45, 2.75) is 4.90 Å². The maximum absolute atomic E-state index is 12.6. The van der Waals surface area contributed by atoms with Crippen molar-refractivity contribution in [3.8, 4) is 0 Å². The summed E-state index contributed by atoms with van der Waals surface area (Å²) in [4.78, 5) is 27.8. The van der Waals surface area contributed by atoms with E-state index in [4.69, 9.17) is 0 Å². The molecule has 8 nitrogen and oxygen atoms in total.